The van der Waals surface area contributed by atoms with Gasteiger partial charge in [0.2, 0.25) is 0 Å². The lowest BCUT2D eigenvalue weighted by molar-refractivity contribution is 0.0702. The highest BCUT2D eigenvalue weighted by Crippen LogP contribution is 2.33. The molecule has 0 bridgehead atoms. The highest BCUT2D eigenvalue weighted by molar-refractivity contribution is 5.95. The molecule has 6 heteroatoms. The number of carbonyl (C=O) groups excluding carboxylic acids is 1. The van der Waals surface area contributed by atoms with Crippen molar-refractivity contribution < 1.29 is 4.79 Å². The van der Waals surface area contributed by atoms with Crippen molar-refractivity contribution in [2.45, 2.75) is 57.9 Å². The molecule has 1 saturated carbocycles. The Morgan fingerprint density at radius 1 is 1.36 bits per heavy atom. The third-order valence-corrected chi connectivity index (χ3v) is 5.42. The molecule has 0 radical (unpaired) electrons. The first-order valence-electron chi connectivity index (χ1n) is 9.58. The van der Waals surface area contributed by atoms with Crippen LogP contribution in [0.25, 0.3) is 0 Å². The summed E-state index contributed by atoms with van der Waals surface area (Å²) in [6.07, 6.45) is 12.4. The van der Waals surface area contributed by atoms with Gasteiger partial charge in [0.1, 0.15) is 5.82 Å². The first-order valence-corrected chi connectivity index (χ1v) is 9.58. The number of hydrogen-bond donors (Lipinski definition) is 1. The fraction of sp³-hybridized carbons (Fsp3) is 0.632. The van der Waals surface area contributed by atoms with Gasteiger partial charge >= 0.3 is 0 Å². The molecular weight excluding hydrogens is 314 g/mol. The van der Waals surface area contributed by atoms with Gasteiger partial charge in [0.25, 0.3) is 5.91 Å². The molecule has 0 unspecified atom stereocenters. The summed E-state index contributed by atoms with van der Waals surface area (Å²) in [6.45, 7) is 4.79. The second kappa shape index (κ2) is 7.02. The Hall–Kier alpha value is -2.11. The molecule has 1 amide bonds. The number of likely N-dealkylation sites (tertiary alicyclic amines) is 1. The summed E-state index contributed by atoms with van der Waals surface area (Å²) in [5.74, 6) is 2.44. The van der Waals surface area contributed by atoms with E-state index in [1.807, 2.05) is 11.1 Å². The predicted octanol–water partition coefficient (Wildman–Crippen LogP) is 2.99. The van der Waals surface area contributed by atoms with Gasteiger partial charge < -0.3 is 9.47 Å². The highest BCUT2D eigenvalue weighted by atomic mass is 16.2. The maximum Gasteiger partial charge on any atom is 0.257 e. The number of carbonyl (C=O) groups is 1. The summed E-state index contributed by atoms with van der Waals surface area (Å²) in [7, 11) is 0. The van der Waals surface area contributed by atoms with Gasteiger partial charge in [-0.3, -0.25) is 9.89 Å². The number of aromatic amines is 1. The minimum Gasteiger partial charge on any atom is -0.338 e. The van der Waals surface area contributed by atoms with Crippen molar-refractivity contribution in [2.75, 3.05) is 13.1 Å². The molecular formula is C19H27N5O. The van der Waals surface area contributed by atoms with E-state index < -0.39 is 0 Å². The number of rotatable bonds is 6. The van der Waals surface area contributed by atoms with Gasteiger partial charge in [0.05, 0.1) is 11.8 Å². The van der Waals surface area contributed by atoms with Crippen molar-refractivity contribution in [3.8, 4) is 0 Å². The van der Waals surface area contributed by atoms with Crippen LogP contribution in [0.4, 0.5) is 0 Å². The maximum absolute atomic E-state index is 13.0. The number of aryl methyl sites for hydroxylation is 1. The summed E-state index contributed by atoms with van der Waals surface area (Å²) >= 11 is 0. The molecule has 1 atom stereocenters. The smallest absolute Gasteiger partial charge is 0.257 e. The predicted molar refractivity (Wildman–Crippen MR) is 95.4 cm³/mol. The molecule has 134 valence electrons. The van der Waals surface area contributed by atoms with Crippen LogP contribution in [0.2, 0.25) is 0 Å². The fourth-order valence-electron chi connectivity index (χ4n) is 3.89. The van der Waals surface area contributed by atoms with Crippen molar-refractivity contribution in [1.82, 2.24) is 24.6 Å². The zero-order chi connectivity index (χ0) is 17.2. The molecule has 2 aromatic rings. The van der Waals surface area contributed by atoms with Gasteiger partial charge in [-0.2, -0.15) is 5.10 Å². The molecule has 25 heavy (non-hydrogen) atoms. The van der Waals surface area contributed by atoms with Crippen LogP contribution in [-0.2, 0) is 13.0 Å². The van der Waals surface area contributed by atoms with E-state index in [-0.39, 0.29) is 5.91 Å². The molecule has 1 saturated heterocycles. The molecule has 1 N–H and O–H groups in total. The molecule has 2 aromatic heterocycles. The van der Waals surface area contributed by atoms with E-state index in [4.69, 9.17) is 0 Å². The van der Waals surface area contributed by atoms with E-state index in [0.717, 1.165) is 68.3 Å². The first kappa shape index (κ1) is 16.4. The Morgan fingerprint density at radius 3 is 3.04 bits per heavy atom. The van der Waals surface area contributed by atoms with Gasteiger partial charge in [-0.05, 0) is 38.0 Å². The normalized spacial score (nSPS) is 20.8. The lowest BCUT2D eigenvalue weighted by Crippen LogP contribution is -2.40. The largest absolute Gasteiger partial charge is 0.338 e. The van der Waals surface area contributed by atoms with E-state index in [2.05, 4.69) is 32.9 Å². The lowest BCUT2D eigenvalue weighted by Gasteiger charge is -2.32. The number of aromatic nitrogens is 4. The van der Waals surface area contributed by atoms with E-state index in [1.54, 1.807) is 6.20 Å². The zero-order valence-corrected chi connectivity index (χ0v) is 14.9. The van der Waals surface area contributed by atoms with Gasteiger partial charge in [0, 0.05) is 43.6 Å². The SMILES string of the molecule is CCCc1[nH]ncc1C(=O)N1CCC[C@H](c2nccn2CC2CC2)C1. The zero-order valence-electron chi connectivity index (χ0n) is 14.9. The Kier molecular flexibility index (Phi) is 4.59. The second-order valence-corrected chi connectivity index (χ2v) is 7.48. The van der Waals surface area contributed by atoms with E-state index in [9.17, 15) is 4.79 Å². The quantitative estimate of drug-likeness (QED) is 0.878. The van der Waals surface area contributed by atoms with Gasteiger partial charge in [0.15, 0.2) is 0 Å². The topological polar surface area (TPSA) is 66.8 Å². The molecule has 2 fully saturated rings. The maximum atomic E-state index is 13.0. The van der Waals surface area contributed by atoms with Crippen molar-refractivity contribution in [3.63, 3.8) is 0 Å². The van der Waals surface area contributed by atoms with Crippen molar-refractivity contribution in [3.05, 3.63) is 35.7 Å². The van der Waals surface area contributed by atoms with Crippen LogP contribution in [0.5, 0.6) is 0 Å². The standard InChI is InChI=1S/C19H27N5O/c1-2-4-17-16(11-21-22-17)19(25)24-9-3-5-15(13-24)18-20-8-10-23(18)12-14-6-7-14/h8,10-11,14-15H,2-7,9,12-13H2,1H3,(H,21,22)/t15-/m0/s1. The average Bonchev–Trinajstić information content (AvgIpc) is 3.13. The van der Waals surface area contributed by atoms with Crippen LogP contribution in [0.1, 0.15) is 66.8 Å². The molecule has 1 aliphatic carbocycles. The van der Waals surface area contributed by atoms with E-state index in [1.165, 1.54) is 12.8 Å². The Morgan fingerprint density at radius 2 is 2.24 bits per heavy atom. The average molecular weight is 341 g/mol. The molecule has 0 spiro atoms. The van der Waals surface area contributed by atoms with Crippen LogP contribution in [0.15, 0.2) is 18.6 Å². The molecule has 6 nitrogen and oxygen atoms in total. The highest BCUT2D eigenvalue weighted by Gasteiger charge is 2.30. The van der Waals surface area contributed by atoms with Crippen LogP contribution in [-0.4, -0.2) is 43.6 Å². The number of nitrogens with zero attached hydrogens (tertiary/aromatic N) is 4. The minimum absolute atomic E-state index is 0.113. The fourth-order valence-corrected chi connectivity index (χ4v) is 3.89. The van der Waals surface area contributed by atoms with Crippen LogP contribution in [0, 0.1) is 5.92 Å². The molecule has 4 rings (SSSR count). The minimum atomic E-state index is 0.113. The second-order valence-electron chi connectivity index (χ2n) is 7.48. The molecule has 0 aromatic carbocycles. The summed E-state index contributed by atoms with van der Waals surface area (Å²) in [5.41, 5.74) is 1.70. The molecule has 3 heterocycles. The Balaban J connectivity index is 1.48. The van der Waals surface area contributed by atoms with Crippen molar-refractivity contribution in [2.24, 2.45) is 5.92 Å². The Bertz CT molecular complexity index is 730. The summed E-state index contributed by atoms with van der Waals surface area (Å²) < 4.78 is 2.32. The summed E-state index contributed by atoms with van der Waals surface area (Å²) in [5, 5.41) is 7.08. The number of hydrogen-bond acceptors (Lipinski definition) is 3. The third-order valence-electron chi connectivity index (χ3n) is 5.42. The van der Waals surface area contributed by atoms with Crippen molar-refractivity contribution >= 4 is 5.91 Å². The van der Waals surface area contributed by atoms with Crippen LogP contribution in [0.3, 0.4) is 0 Å². The Labute approximate surface area is 148 Å². The van der Waals surface area contributed by atoms with Gasteiger partial charge in [-0.25, -0.2) is 4.98 Å². The van der Waals surface area contributed by atoms with E-state index >= 15 is 0 Å². The lowest BCUT2D eigenvalue weighted by atomic mass is 9.96. The van der Waals surface area contributed by atoms with Crippen LogP contribution < -0.4 is 0 Å². The first-order chi connectivity index (χ1) is 12.3. The summed E-state index contributed by atoms with van der Waals surface area (Å²) in [6, 6.07) is 0. The summed E-state index contributed by atoms with van der Waals surface area (Å²) in [4.78, 5) is 19.6. The number of piperidine rings is 1. The number of nitrogens with one attached hydrogen (secondary N) is 1. The van der Waals surface area contributed by atoms with Gasteiger partial charge in [-0.15, -0.1) is 0 Å². The number of H-pyrrole nitrogens is 1. The number of imidazole rings is 1. The van der Waals surface area contributed by atoms with E-state index in [0.29, 0.717) is 5.92 Å². The molecule has 1 aliphatic heterocycles. The van der Waals surface area contributed by atoms with Crippen molar-refractivity contribution in [1.29, 1.82) is 0 Å². The number of amides is 1. The monoisotopic (exact) mass is 341 g/mol. The van der Waals surface area contributed by atoms with Crippen LogP contribution >= 0.6 is 0 Å². The molecule has 2 aliphatic rings. The van der Waals surface area contributed by atoms with Gasteiger partial charge in [-0.1, -0.05) is 13.3 Å². The third kappa shape index (κ3) is 3.48.